The second-order valence-electron chi connectivity index (χ2n) is 3.98. The molecular weight excluding hydrogens is 148 g/mol. The van der Waals surface area contributed by atoms with Crippen molar-refractivity contribution >= 4 is 0 Å². The largest absolute Gasteiger partial charge is 0.381 e. The number of ether oxygens (including phenoxy) is 1. The fourth-order valence-corrected chi connectivity index (χ4v) is 0.951. The zero-order chi connectivity index (χ0) is 9.40. The highest BCUT2D eigenvalue weighted by Crippen LogP contribution is 2.13. The van der Waals surface area contributed by atoms with Crippen molar-refractivity contribution in [2.24, 2.45) is 11.8 Å². The molecule has 0 aromatic heterocycles. The van der Waals surface area contributed by atoms with Gasteiger partial charge in [0.25, 0.3) is 0 Å². The van der Waals surface area contributed by atoms with Gasteiger partial charge in [-0.15, -0.1) is 0 Å². The molecule has 1 nitrogen and oxygen atoms in total. The smallest absolute Gasteiger partial charge is 0.0468 e. The van der Waals surface area contributed by atoms with Gasteiger partial charge in [-0.2, -0.15) is 0 Å². The van der Waals surface area contributed by atoms with Crippen molar-refractivity contribution in [3.8, 4) is 0 Å². The first kappa shape index (κ1) is 12.0. The highest BCUT2D eigenvalue weighted by Gasteiger charge is 2.05. The Bertz CT molecular complexity index is 89.0. The second kappa shape index (κ2) is 7.60. The van der Waals surface area contributed by atoms with E-state index in [9.17, 15) is 0 Å². The minimum absolute atomic E-state index is 0.791. The Hall–Kier alpha value is -0.0400. The van der Waals surface area contributed by atoms with Gasteiger partial charge in [0.1, 0.15) is 0 Å². The summed E-state index contributed by atoms with van der Waals surface area (Å²) in [5.74, 6) is 1.59. The minimum atomic E-state index is 0.791. The molecule has 0 amide bonds. The van der Waals surface area contributed by atoms with E-state index in [1.165, 1.54) is 19.3 Å². The van der Waals surface area contributed by atoms with Gasteiger partial charge in [-0.05, 0) is 24.7 Å². The van der Waals surface area contributed by atoms with Crippen LogP contribution in [0.4, 0.5) is 0 Å². The molecule has 0 aliphatic carbocycles. The Morgan fingerprint density at radius 3 is 2.25 bits per heavy atom. The molecule has 0 spiro atoms. The van der Waals surface area contributed by atoms with Crippen LogP contribution in [-0.2, 0) is 4.74 Å². The minimum Gasteiger partial charge on any atom is -0.381 e. The van der Waals surface area contributed by atoms with E-state index in [1.807, 2.05) is 0 Å². The summed E-state index contributed by atoms with van der Waals surface area (Å²) in [5, 5.41) is 0. The maximum absolute atomic E-state index is 5.49. The third-order valence-electron chi connectivity index (χ3n) is 2.50. The first-order chi connectivity index (χ1) is 5.68. The van der Waals surface area contributed by atoms with Crippen molar-refractivity contribution in [1.29, 1.82) is 0 Å². The van der Waals surface area contributed by atoms with E-state index in [0.29, 0.717) is 0 Å². The van der Waals surface area contributed by atoms with Crippen LogP contribution in [0.2, 0.25) is 0 Å². The van der Waals surface area contributed by atoms with E-state index in [2.05, 4.69) is 27.7 Å². The highest BCUT2D eigenvalue weighted by molar-refractivity contribution is 4.55. The van der Waals surface area contributed by atoms with Crippen LogP contribution >= 0.6 is 0 Å². The lowest BCUT2D eigenvalue weighted by molar-refractivity contribution is 0.113. The second-order valence-corrected chi connectivity index (χ2v) is 3.98. The number of hydrogen-bond acceptors (Lipinski definition) is 1. The van der Waals surface area contributed by atoms with Crippen molar-refractivity contribution in [3.05, 3.63) is 0 Å². The summed E-state index contributed by atoms with van der Waals surface area (Å²) < 4.78 is 5.49. The summed E-state index contributed by atoms with van der Waals surface area (Å²) in [6.45, 7) is 10.9. The van der Waals surface area contributed by atoms with E-state index in [1.54, 1.807) is 0 Å². The van der Waals surface area contributed by atoms with E-state index < -0.39 is 0 Å². The fraction of sp³-hybridized carbons (Fsp3) is 1.00. The molecule has 0 fully saturated rings. The molecule has 0 saturated carbocycles. The zero-order valence-electron chi connectivity index (χ0n) is 9.10. The molecule has 1 atom stereocenters. The molecule has 0 aliphatic heterocycles. The molecule has 0 bridgehead atoms. The summed E-state index contributed by atoms with van der Waals surface area (Å²) >= 11 is 0. The van der Waals surface area contributed by atoms with Crippen LogP contribution in [-0.4, -0.2) is 13.2 Å². The van der Waals surface area contributed by atoms with Crippen LogP contribution in [0, 0.1) is 11.8 Å². The molecule has 0 aromatic carbocycles. The Morgan fingerprint density at radius 1 is 1.08 bits per heavy atom. The van der Waals surface area contributed by atoms with Crippen LogP contribution in [0.5, 0.6) is 0 Å². The summed E-state index contributed by atoms with van der Waals surface area (Å²) in [4.78, 5) is 0. The first-order valence-corrected chi connectivity index (χ1v) is 5.26. The van der Waals surface area contributed by atoms with Gasteiger partial charge in [-0.1, -0.05) is 34.1 Å². The lowest BCUT2D eigenvalue weighted by Gasteiger charge is -2.14. The number of unbranched alkanes of at least 4 members (excludes halogenated alkanes) is 1. The third-order valence-corrected chi connectivity index (χ3v) is 2.50. The van der Waals surface area contributed by atoms with Gasteiger partial charge < -0.3 is 4.74 Å². The monoisotopic (exact) mass is 172 g/mol. The van der Waals surface area contributed by atoms with Gasteiger partial charge in [-0.3, -0.25) is 0 Å². The van der Waals surface area contributed by atoms with Gasteiger partial charge in [0, 0.05) is 13.2 Å². The molecule has 74 valence electrons. The zero-order valence-corrected chi connectivity index (χ0v) is 9.10. The molecule has 12 heavy (non-hydrogen) atoms. The standard InChI is InChI=1S/C11H24O/c1-5-6-8-12-9-7-11(4)10(2)3/h10-11H,5-9H2,1-4H3. The molecule has 1 unspecified atom stereocenters. The van der Waals surface area contributed by atoms with E-state index in [-0.39, 0.29) is 0 Å². The molecule has 0 radical (unpaired) electrons. The molecule has 0 heterocycles. The topological polar surface area (TPSA) is 9.23 Å². The van der Waals surface area contributed by atoms with Crippen molar-refractivity contribution < 1.29 is 4.74 Å². The van der Waals surface area contributed by atoms with Crippen LogP contribution in [0.15, 0.2) is 0 Å². The summed E-state index contributed by atoms with van der Waals surface area (Å²) in [5.41, 5.74) is 0. The summed E-state index contributed by atoms with van der Waals surface area (Å²) in [6.07, 6.45) is 3.65. The average molecular weight is 172 g/mol. The van der Waals surface area contributed by atoms with Crippen molar-refractivity contribution in [2.75, 3.05) is 13.2 Å². The number of hydrogen-bond donors (Lipinski definition) is 0. The molecule has 0 aliphatic rings. The Balaban J connectivity index is 3.08. The van der Waals surface area contributed by atoms with E-state index in [0.717, 1.165) is 25.0 Å². The van der Waals surface area contributed by atoms with Gasteiger partial charge in [0.05, 0.1) is 0 Å². The summed E-state index contributed by atoms with van der Waals surface area (Å²) in [6, 6.07) is 0. The van der Waals surface area contributed by atoms with Crippen molar-refractivity contribution in [2.45, 2.75) is 47.0 Å². The molecule has 0 rings (SSSR count). The average Bonchev–Trinajstić information content (AvgIpc) is 2.03. The van der Waals surface area contributed by atoms with Crippen molar-refractivity contribution in [1.82, 2.24) is 0 Å². The van der Waals surface area contributed by atoms with Gasteiger partial charge in [-0.25, -0.2) is 0 Å². The van der Waals surface area contributed by atoms with Crippen LogP contribution < -0.4 is 0 Å². The first-order valence-electron chi connectivity index (χ1n) is 5.26. The predicted molar refractivity (Wildman–Crippen MR) is 54.3 cm³/mol. The van der Waals surface area contributed by atoms with Crippen LogP contribution in [0.25, 0.3) is 0 Å². The van der Waals surface area contributed by atoms with Gasteiger partial charge in [0.2, 0.25) is 0 Å². The molecule has 1 heteroatoms. The van der Waals surface area contributed by atoms with Crippen LogP contribution in [0.3, 0.4) is 0 Å². The van der Waals surface area contributed by atoms with Crippen molar-refractivity contribution in [3.63, 3.8) is 0 Å². The molecular formula is C11H24O. The Kier molecular flexibility index (Phi) is 7.58. The lowest BCUT2D eigenvalue weighted by atomic mass is 9.95. The molecule has 0 N–H and O–H groups in total. The fourth-order valence-electron chi connectivity index (χ4n) is 0.951. The van der Waals surface area contributed by atoms with E-state index in [4.69, 9.17) is 4.74 Å². The quantitative estimate of drug-likeness (QED) is 0.534. The predicted octanol–water partition coefficient (Wildman–Crippen LogP) is 3.49. The summed E-state index contributed by atoms with van der Waals surface area (Å²) in [7, 11) is 0. The van der Waals surface area contributed by atoms with E-state index >= 15 is 0 Å². The Morgan fingerprint density at radius 2 is 1.75 bits per heavy atom. The molecule has 0 saturated heterocycles. The third kappa shape index (κ3) is 6.66. The SMILES string of the molecule is CCCCOCCC(C)C(C)C. The normalized spacial score (nSPS) is 13.8. The van der Waals surface area contributed by atoms with Gasteiger partial charge >= 0.3 is 0 Å². The maximum atomic E-state index is 5.49. The molecule has 0 aromatic rings. The van der Waals surface area contributed by atoms with Crippen LogP contribution in [0.1, 0.15) is 47.0 Å². The number of rotatable bonds is 7. The maximum Gasteiger partial charge on any atom is 0.0468 e. The lowest BCUT2D eigenvalue weighted by Crippen LogP contribution is -2.08. The Labute approximate surface area is 77.5 Å². The highest BCUT2D eigenvalue weighted by atomic mass is 16.5. The van der Waals surface area contributed by atoms with Gasteiger partial charge in [0.15, 0.2) is 0 Å².